The number of aromatic carboxylic acids is 1. The number of fused-ring (bicyclic) bond motifs is 1. The van der Waals surface area contributed by atoms with Crippen molar-refractivity contribution in [3.63, 3.8) is 0 Å². The molecule has 0 spiro atoms. The molecule has 3 rings (SSSR count). The van der Waals surface area contributed by atoms with Crippen LogP contribution in [0.5, 0.6) is 0 Å². The van der Waals surface area contributed by atoms with Crippen LogP contribution >= 0.6 is 0 Å². The summed E-state index contributed by atoms with van der Waals surface area (Å²) in [5.74, 6) is 0.892. The zero-order chi connectivity index (χ0) is 20.4. The van der Waals surface area contributed by atoms with Gasteiger partial charge in [-0.1, -0.05) is 5.92 Å². The van der Waals surface area contributed by atoms with E-state index < -0.39 is 17.3 Å². The van der Waals surface area contributed by atoms with Crippen molar-refractivity contribution in [1.82, 2.24) is 9.97 Å². The Kier molecular flexibility index (Phi) is 5.14. The Morgan fingerprint density at radius 2 is 2.07 bits per heavy atom. The highest BCUT2D eigenvalue weighted by Crippen LogP contribution is 2.23. The van der Waals surface area contributed by atoms with E-state index in [1.54, 1.807) is 17.9 Å². The van der Waals surface area contributed by atoms with Gasteiger partial charge in [0.15, 0.2) is 0 Å². The van der Waals surface area contributed by atoms with E-state index in [1.165, 1.54) is 12.1 Å². The summed E-state index contributed by atoms with van der Waals surface area (Å²) in [7, 11) is 0. The second kappa shape index (κ2) is 7.53. The Bertz CT molecular complexity index is 1180. The molecule has 1 heterocycles. The van der Waals surface area contributed by atoms with Crippen LogP contribution in [-0.4, -0.2) is 27.6 Å². The van der Waals surface area contributed by atoms with Gasteiger partial charge < -0.3 is 15.0 Å². The summed E-state index contributed by atoms with van der Waals surface area (Å²) in [6, 6.07) is 7.45. The number of halogens is 1. The number of benzene rings is 2. The predicted molar refractivity (Wildman–Crippen MR) is 105 cm³/mol. The zero-order valence-electron chi connectivity index (χ0n) is 15.4. The monoisotopic (exact) mass is 379 g/mol. The van der Waals surface area contributed by atoms with Crippen molar-refractivity contribution >= 4 is 22.6 Å². The van der Waals surface area contributed by atoms with Gasteiger partial charge in [-0.3, -0.25) is 4.79 Å². The summed E-state index contributed by atoms with van der Waals surface area (Å²) in [6.07, 6.45) is 5.46. The van der Waals surface area contributed by atoms with Gasteiger partial charge in [-0.2, -0.15) is 0 Å². The van der Waals surface area contributed by atoms with Gasteiger partial charge in [-0.25, -0.2) is 14.2 Å². The molecule has 142 valence electrons. The number of nitrogens with zero attached hydrogens (tertiary/aromatic N) is 2. The van der Waals surface area contributed by atoms with Crippen LogP contribution in [0.15, 0.2) is 35.1 Å². The molecule has 1 aromatic heterocycles. The largest absolute Gasteiger partial charge is 0.478 e. The highest BCUT2D eigenvalue weighted by atomic mass is 19.1. The van der Waals surface area contributed by atoms with E-state index in [0.29, 0.717) is 29.0 Å². The first kappa shape index (κ1) is 19.1. The lowest BCUT2D eigenvalue weighted by Gasteiger charge is -2.24. The summed E-state index contributed by atoms with van der Waals surface area (Å²) in [5.41, 5.74) is 2.17. The van der Waals surface area contributed by atoms with Crippen molar-refractivity contribution in [1.29, 1.82) is 0 Å². The quantitative estimate of drug-likeness (QED) is 0.666. The van der Waals surface area contributed by atoms with Crippen molar-refractivity contribution in [2.45, 2.75) is 20.4 Å². The fourth-order valence-electron chi connectivity index (χ4n) is 3.05. The van der Waals surface area contributed by atoms with Crippen LogP contribution in [0.25, 0.3) is 10.9 Å². The molecule has 0 atom stereocenters. The van der Waals surface area contributed by atoms with Crippen LogP contribution in [0.2, 0.25) is 0 Å². The third kappa shape index (κ3) is 3.71. The minimum Gasteiger partial charge on any atom is -0.478 e. The lowest BCUT2D eigenvalue weighted by molar-refractivity contribution is 0.0692. The average Bonchev–Trinajstić information content (AvgIpc) is 2.61. The molecule has 0 radical (unpaired) electrons. The van der Waals surface area contributed by atoms with Crippen LogP contribution in [0, 0.1) is 32.0 Å². The van der Waals surface area contributed by atoms with Gasteiger partial charge in [-0.05, 0) is 55.3 Å². The number of aromatic amines is 1. The molecule has 2 N–H and O–H groups in total. The first-order valence-corrected chi connectivity index (χ1v) is 8.51. The zero-order valence-corrected chi connectivity index (χ0v) is 15.4. The lowest BCUT2D eigenvalue weighted by atomic mass is 10.0. The minimum atomic E-state index is -1.33. The SMILES string of the molecule is C#CCN(Cc1cc2c(=O)[nH]c(C)nc2cc1C)c1ccc(C(=O)O)c(F)c1. The summed E-state index contributed by atoms with van der Waals surface area (Å²) < 4.78 is 14.1. The fourth-order valence-corrected chi connectivity index (χ4v) is 3.05. The van der Waals surface area contributed by atoms with Gasteiger partial charge in [-0.15, -0.1) is 6.42 Å². The average molecular weight is 379 g/mol. The molecule has 0 fully saturated rings. The summed E-state index contributed by atoms with van der Waals surface area (Å²) in [4.78, 5) is 32.0. The normalized spacial score (nSPS) is 10.6. The molecule has 6 nitrogen and oxygen atoms in total. The summed E-state index contributed by atoms with van der Waals surface area (Å²) >= 11 is 0. The number of carbonyl (C=O) groups is 1. The number of hydrogen-bond acceptors (Lipinski definition) is 4. The first-order valence-electron chi connectivity index (χ1n) is 8.51. The molecule has 0 saturated heterocycles. The van der Waals surface area contributed by atoms with E-state index in [0.717, 1.165) is 17.2 Å². The number of terminal acetylenes is 1. The Hall–Kier alpha value is -3.66. The van der Waals surface area contributed by atoms with Crippen LogP contribution < -0.4 is 10.5 Å². The van der Waals surface area contributed by atoms with Crippen molar-refractivity contribution in [3.8, 4) is 12.3 Å². The number of H-pyrrole nitrogens is 1. The summed E-state index contributed by atoms with van der Waals surface area (Å²) in [6.45, 7) is 4.13. The number of rotatable bonds is 5. The molecule has 0 amide bonds. The predicted octanol–water partition coefficient (Wildman–Crippen LogP) is 3.02. The molecule has 0 saturated carbocycles. The Morgan fingerprint density at radius 3 is 2.71 bits per heavy atom. The molecule has 0 aliphatic heterocycles. The Morgan fingerprint density at radius 1 is 1.32 bits per heavy atom. The molecule has 0 bridgehead atoms. The number of hydrogen-bond donors (Lipinski definition) is 2. The van der Waals surface area contributed by atoms with Gasteiger partial charge in [0, 0.05) is 12.2 Å². The third-order valence-corrected chi connectivity index (χ3v) is 4.47. The highest BCUT2D eigenvalue weighted by molar-refractivity contribution is 5.88. The maximum atomic E-state index is 14.1. The molecular formula is C21H18FN3O3. The van der Waals surface area contributed by atoms with Crippen LogP contribution in [0.1, 0.15) is 27.3 Å². The number of nitrogens with one attached hydrogen (secondary N) is 1. The maximum Gasteiger partial charge on any atom is 0.338 e. The van der Waals surface area contributed by atoms with Crippen molar-refractivity contribution in [3.05, 3.63) is 69.0 Å². The van der Waals surface area contributed by atoms with Gasteiger partial charge in [0.1, 0.15) is 11.6 Å². The molecule has 2 aromatic carbocycles. The van der Waals surface area contributed by atoms with E-state index in [4.69, 9.17) is 11.5 Å². The first-order chi connectivity index (χ1) is 13.3. The third-order valence-electron chi connectivity index (χ3n) is 4.47. The van der Waals surface area contributed by atoms with Crippen molar-refractivity contribution in [2.75, 3.05) is 11.4 Å². The van der Waals surface area contributed by atoms with E-state index >= 15 is 0 Å². The molecule has 0 unspecified atom stereocenters. The van der Waals surface area contributed by atoms with Crippen molar-refractivity contribution < 1.29 is 14.3 Å². The van der Waals surface area contributed by atoms with Gasteiger partial charge in [0.25, 0.3) is 5.56 Å². The number of aromatic nitrogens is 2. The van der Waals surface area contributed by atoms with E-state index in [1.807, 2.05) is 13.0 Å². The topological polar surface area (TPSA) is 86.3 Å². The molecule has 0 aliphatic carbocycles. The number of aryl methyl sites for hydroxylation is 2. The standard InChI is InChI=1S/C21H18FN3O3/c1-4-7-25(15-5-6-16(21(27)28)18(22)10-15)11-14-9-17-19(8-12(14)2)23-13(3)24-20(17)26/h1,5-6,8-10H,7,11H2,2-3H3,(H,27,28)(H,23,24,26). The lowest BCUT2D eigenvalue weighted by Crippen LogP contribution is -2.24. The Labute approximate surface area is 160 Å². The van der Waals surface area contributed by atoms with Crippen LogP contribution in [0.4, 0.5) is 10.1 Å². The molecule has 3 aromatic rings. The maximum absolute atomic E-state index is 14.1. The van der Waals surface area contributed by atoms with Gasteiger partial charge >= 0.3 is 5.97 Å². The van der Waals surface area contributed by atoms with Gasteiger partial charge in [0.2, 0.25) is 0 Å². The molecule has 0 aliphatic rings. The highest BCUT2D eigenvalue weighted by Gasteiger charge is 2.15. The van der Waals surface area contributed by atoms with Crippen LogP contribution in [0.3, 0.4) is 0 Å². The second-order valence-corrected chi connectivity index (χ2v) is 6.48. The smallest absolute Gasteiger partial charge is 0.338 e. The molecular weight excluding hydrogens is 361 g/mol. The van der Waals surface area contributed by atoms with E-state index in [9.17, 15) is 14.0 Å². The summed E-state index contributed by atoms with van der Waals surface area (Å²) in [5, 5.41) is 9.45. The minimum absolute atomic E-state index is 0.186. The Balaban J connectivity index is 2.02. The molecule has 7 heteroatoms. The van der Waals surface area contributed by atoms with E-state index in [-0.39, 0.29) is 12.1 Å². The number of carboxylic acid groups (broad SMARTS) is 1. The number of carboxylic acids is 1. The second-order valence-electron chi connectivity index (χ2n) is 6.48. The van der Waals surface area contributed by atoms with Gasteiger partial charge in [0.05, 0.1) is 23.0 Å². The molecule has 28 heavy (non-hydrogen) atoms. The van der Waals surface area contributed by atoms with E-state index in [2.05, 4.69) is 15.9 Å². The number of anilines is 1. The van der Waals surface area contributed by atoms with Crippen LogP contribution in [-0.2, 0) is 6.54 Å². The fraction of sp³-hybridized carbons (Fsp3) is 0.190. The van der Waals surface area contributed by atoms with Crippen molar-refractivity contribution in [2.24, 2.45) is 0 Å².